The summed E-state index contributed by atoms with van der Waals surface area (Å²) in [7, 11) is 0. The predicted octanol–water partition coefficient (Wildman–Crippen LogP) is 3.96. The molecule has 35 heavy (non-hydrogen) atoms. The number of esters is 1. The fourth-order valence-electron chi connectivity index (χ4n) is 3.66. The van der Waals surface area contributed by atoms with E-state index in [-0.39, 0.29) is 30.4 Å². The molecule has 3 aromatic rings. The Labute approximate surface area is 203 Å². The second-order valence-electron chi connectivity index (χ2n) is 9.10. The molecule has 0 aliphatic carbocycles. The lowest BCUT2D eigenvalue weighted by molar-refractivity contribution is -0.153. The number of halogens is 1. The first-order chi connectivity index (χ1) is 16.7. The van der Waals surface area contributed by atoms with Crippen molar-refractivity contribution in [3.63, 3.8) is 0 Å². The van der Waals surface area contributed by atoms with Gasteiger partial charge in [-0.3, -0.25) is 9.59 Å². The number of nitrogens with one attached hydrogen (secondary N) is 1. The van der Waals surface area contributed by atoms with Crippen molar-refractivity contribution in [2.75, 3.05) is 18.0 Å². The third-order valence-corrected chi connectivity index (χ3v) is 5.22. The molecule has 1 aromatic heterocycles. The van der Waals surface area contributed by atoms with Gasteiger partial charge in [0, 0.05) is 18.4 Å². The molecule has 0 spiro atoms. The van der Waals surface area contributed by atoms with Crippen LogP contribution >= 0.6 is 0 Å². The van der Waals surface area contributed by atoms with Crippen LogP contribution in [0.2, 0.25) is 0 Å². The summed E-state index contributed by atoms with van der Waals surface area (Å²) in [4.78, 5) is 35.8. The standard InChI is InChI=1S/C26H27FN4O4/c1-26(2,3)35-22(32)15-28-23(33)20-14-29-25(31-13-12-18-6-4-5-7-21(18)31)30-24(20)34-16-17-8-10-19(27)11-9-17/h4-11,14H,12-13,15-16H2,1-3H3,(H,28,33). The van der Waals surface area contributed by atoms with Crippen LogP contribution in [0.15, 0.2) is 54.7 Å². The minimum absolute atomic E-state index is 0.0606. The maximum absolute atomic E-state index is 13.3. The van der Waals surface area contributed by atoms with Gasteiger partial charge in [-0.05, 0) is 56.5 Å². The molecule has 0 fully saturated rings. The van der Waals surface area contributed by atoms with Gasteiger partial charge < -0.3 is 19.7 Å². The van der Waals surface area contributed by atoms with Crippen molar-refractivity contribution in [2.45, 2.75) is 39.4 Å². The van der Waals surface area contributed by atoms with Gasteiger partial charge in [0.1, 0.15) is 30.1 Å². The van der Waals surface area contributed by atoms with Gasteiger partial charge in [0.2, 0.25) is 11.8 Å². The molecule has 2 heterocycles. The molecule has 0 saturated carbocycles. The van der Waals surface area contributed by atoms with Crippen molar-refractivity contribution in [2.24, 2.45) is 0 Å². The number of hydrogen-bond acceptors (Lipinski definition) is 7. The first kappa shape index (κ1) is 24.1. The van der Waals surface area contributed by atoms with Crippen LogP contribution in [0.25, 0.3) is 0 Å². The van der Waals surface area contributed by atoms with Crippen LogP contribution in [0.1, 0.15) is 42.3 Å². The highest BCUT2D eigenvalue weighted by Gasteiger charge is 2.25. The SMILES string of the molecule is CC(C)(C)OC(=O)CNC(=O)c1cnc(N2CCc3ccccc32)nc1OCc1ccc(F)cc1. The molecule has 1 N–H and O–H groups in total. The molecule has 182 valence electrons. The summed E-state index contributed by atoms with van der Waals surface area (Å²) < 4.78 is 24.4. The Kier molecular flexibility index (Phi) is 6.95. The number of amides is 1. The van der Waals surface area contributed by atoms with E-state index in [0.29, 0.717) is 18.1 Å². The lowest BCUT2D eigenvalue weighted by Crippen LogP contribution is -2.35. The van der Waals surface area contributed by atoms with E-state index >= 15 is 0 Å². The van der Waals surface area contributed by atoms with Gasteiger partial charge in [-0.15, -0.1) is 0 Å². The Hall–Kier alpha value is -4.01. The van der Waals surface area contributed by atoms with Gasteiger partial charge in [0.05, 0.1) is 0 Å². The fourth-order valence-corrected chi connectivity index (χ4v) is 3.66. The van der Waals surface area contributed by atoms with E-state index < -0.39 is 17.5 Å². The van der Waals surface area contributed by atoms with Gasteiger partial charge in [-0.25, -0.2) is 9.37 Å². The molecule has 0 saturated heterocycles. The van der Waals surface area contributed by atoms with Gasteiger partial charge in [0.15, 0.2) is 0 Å². The largest absolute Gasteiger partial charge is 0.472 e. The number of fused-ring (bicyclic) bond motifs is 1. The van der Waals surface area contributed by atoms with Crippen LogP contribution in [-0.2, 0) is 22.6 Å². The number of carbonyl (C=O) groups is 2. The number of ether oxygens (including phenoxy) is 2. The molecular formula is C26H27FN4O4. The number of anilines is 2. The van der Waals surface area contributed by atoms with E-state index in [2.05, 4.69) is 21.4 Å². The zero-order valence-corrected chi connectivity index (χ0v) is 19.9. The number of carbonyl (C=O) groups excluding carboxylic acids is 2. The monoisotopic (exact) mass is 478 g/mol. The van der Waals surface area contributed by atoms with Crippen LogP contribution in [-0.4, -0.2) is 40.5 Å². The quantitative estimate of drug-likeness (QED) is 0.514. The Balaban J connectivity index is 1.56. The van der Waals surface area contributed by atoms with Crippen molar-refractivity contribution < 1.29 is 23.5 Å². The predicted molar refractivity (Wildman–Crippen MR) is 128 cm³/mol. The van der Waals surface area contributed by atoms with Crippen molar-refractivity contribution >= 4 is 23.5 Å². The van der Waals surface area contributed by atoms with E-state index in [1.807, 2.05) is 23.1 Å². The molecule has 1 amide bonds. The number of hydrogen-bond donors (Lipinski definition) is 1. The van der Waals surface area contributed by atoms with Crippen LogP contribution in [0, 0.1) is 5.82 Å². The zero-order valence-electron chi connectivity index (χ0n) is 19.9. The molecular weight excluding hydrogens is 451 g/mol. The maximum Gasteiger partial charge on any atom is 0.325 e. The van der Waals surface area contributed by atoms with E-state index in [1.165, 1.54) is 23.9 Å². The zero-order chi connectivity index (χ0) is 25.0. The van der Waals surface area contributed by atoms with Crippen molar-refractivity contribution in [3.05, 3.63) is 77.2 Å². The van der Waals surface area contributed by atoms with Crippen molar-refractivity contribution in [3.8, 4) is 5.88 Å². The summed E-state index contributed by atoms with van der Waals surface area (Å²) in [5, 5.41) is 2.54. The molecule has 0 bridgehead atoms. The van der Waals surface area contributed by atoms with Gasteiger partial charge in [0.25, 0.3) is 5.91 Å². The van der Waals surface area contributed by atoms with E-state index in [9.17, 15) is 14.0 Å². The highest BCUT2D eigenvalue weighted by atomic mass is 19.1. The maximum atomic E-state index is 13.3. The first-order valence-corrected chi connectivity index (χ1v) is 11.3. The van der Waals surface area contributed by atoms with E-state index in [0.717, 1.165) is 12.1 Å². The first-order valence-electron chi connectivity index (χ1n) is 11.3. The molecule has 1 aliphatic heterocycles. The minimum atomic E-state index is -0.665. The Bertz CT molecular complexity index is 1220. The lowest BCUT2D eigenvalue weighted by atomic mass is 10.2. The Morgan fingerprint density at radius 3 is 2.60 bits per heavy atom. The number of aromatic nitrogens is 2. The third-order valence-electron chi connectivity index (χ3n) is 5.22. The third kappa shape index (κ3) is 6.11. The number of benzene rings is 2. The molecule has 9 heteroatoms. The second-order valence-corrected chi connectivity index (χ2v) is 9.10. The summed E-state index contributed by atoms with van der Waals surface area (Å²) >= 11 is 0. The van der Waals surface area contributed by atoms with Gasteiger partial charge in [-0.2, -0.15) is 4.98 Å². The van der Waals surface area contributed by atoms with Gasteiger partial charge >= 0.3 is 5.97 Å². The Morgan fingerprint density at radius 1 is 1.11 bits per heavy atom. The highest BCUT2D eigenvalue weighted by Crippen LogP contribution is 2.33. The topological polar surface area (TPSA) is 93.6 Å². The summed E-state index contributed by atoms with van der Waals surface area (Å²) in [5.41, 5.74) is 2.30. The van der Waals surface area contributed by atoms with E-state index in [1.54, 1.807) is 32.9 Å². The van der Waals surface area contributed by atoms with Crippen LogP contribution in [0.4, 0.5) is 16.0 Å². The molecule has 1 aliphatic rings. The van der Waals surface area contributed by atoms with E-state index in [4.69, 9.17) is 9.47 Å². The van der Waals surface area contributed by atoms with Crippen molar-refractivity contribution in [1.29, 1.82) is 0 Å². The highest BCUT2D eigenvalue weighted by molar-refractivity contribution is 5.97. The Morgan fingerprint density at radius 2 is 1.86 bits per heavy atom. The molecule has 0 radical (unpaired) electrons. The fraction of sp³-hybridized carbons (Fsp3) is 0.308. The summed E-state index contributed by atoms with van der Waals surface area (Å²) in [5.74, 6) is -1.03. The van der Waals surface area contributed by atoms with Crippen LogP contribution in [0.3, 0.4) is 0 Å². The number of nitrogens with zero attached hydrogens (tertiary/aromatic N) is 3. The van der Waals surface area contributed by atoms with Crippen LogP contribution < -0.4 is 15.0 Å². The summed E-state index contributed by atoms with van der Waals surface area (Å²) in [6, 6.07) is 13.8. The summed E-state index contributed by atoms with van der Waals surface area (Å²) in [6.07, 6.45) is 2.23. The molecule has 0 atom stereocenters. The van der Waals surface area contributed by atoms with Crippen LogP contribution in [0.5, 0.6) is 5.88 Å². The molecule has 0 unspecified atom stereocenters. The smallest absolute Gasteiger partial charge is 0.325 e. The average molecular weight is 479 g/mol. The average Bonchev–Trinajstić information content (AvgIpc) is 3.25. The van der Waals surface area contributed by atoms with Gasteiger partial charge in [-0.1, -0.05) is 30.3 Å². The number of rotatable bonds is 7. The lowest BCUT2D eigenvalue weighted by Gasteiger charge is -2.20. The summed E-state index contributed by atoms with van der Waals surface area (Å²) in [6.45, 7) is 5.70. The minimum Gasteiger partial charge on any atom is -0.472 e. The number of para-hydroxylation sites is 1. The van der Waals surface area contributed by atoms with Crippen molar-refractivity contribution in [1.82, 2.24) is 15.3 Å². The second kappa shape index (κ2) is 10.1. The molecule has 8 nitrogen and oxygen atoms in total. The normalized spacial score (nSPS) is 12.7. The molecule has 4 rings (SSSR count). The molecule has 2 aromatic carbocycles.